The molecule has 1 aromatic heterocycles. The van der Waals surface area contributed by atoms with Gasteiger partial charge < -0.3 is 15.5 Å². The molecule has 1 aromatic carbocycles. The number of ether oxygens (including phenoxy) is 1. The van der Waals surface area contributed by atoms with Crippen LogP contribution in [-0.2, 0) is 17.8 Å². The average Bonchev–Trinajstić information content (AvgIpc) is 2.53. The van der Waals surface area contributed by atoms with Crippen LogP contribution in [0.5, 0.6) is 5.75 Å². The molecule has 0 unspecified atom stereocenters. The van der Waals surface area contributed by atoms with Crippen molar-refractivity contribution < 1.29 is 9.53 Å². The summed E-state index contributed by atoms with van der Waals surface area (Å²) in [6, 6.07) is 9.41. The molecule has 1 aliphatic rings. The first-order valence-corrected chi connectivity index (χ1v) is 6.72. The number of carbonyl (C=O) groups excluding carboxylic acids is 1. The van der Waals surface area contributed by atoms with Gasteiger partial charge in [0.1, 0.15) is 18.2 Å². The summed E-state index contributed by atoms with van der Waals surface area (Å²) in [6.07, 6.45) is 2.92. The molecule has 0 radical (unpaired) electrons. The highest BCUT2D eigenvalue weighted by atomic mass is 16.5. The van der Waals surface area contributed by atoms with Gasteiger partial charge in [-0.25, -0.2) is 10.8 Å². The highest BCUT2D eigenvalue weighted by Crippen LogP contribution is 2.27. The molecule has 2 aromatic rings. The number of benzene rings is 1. The predicted molar refractivity (Wildman–Crippen MR) is 79.8 cm³/mol. The number of aromatic nitrogens is 1. The van der Waals surface area contributed by atoms with Crippen molar-refractivity contribution in [1.29, 1.82) is 0 Å². The summed E-state index contributed by atoms with van der Waals surface area (Å²) in [5, 5.41) is 2.85. The van der Waals surface area contributed by atoms with E-state index in [1.165, 1.54) is 0 Å². The number of nitrogens with two attached hydrogens (primary N) is 1. The number of nitrogen functional groups attached to an aromatic ring is 1. The van der Waals surface area contributed by atoms with Crippen LogP contribution in [0.3, 0.4) is 0 Å². The Labute approximate surface area is 122 Å². The van der Waals surface area contributed by atoms with Crippen LogP contribution in [0.2, 0.25) is 0 Å². The van der Waals surface area contributed by atoms with Gasteiger partial charge in [0.25, 0.3) is 0 Å². The zero-order valence-corrected chi connectivity index (χ0v) is 11.4. The van der Waals surface area contributed by atoms with E-state index in [1.54, 1.807) is 6.20 Å². The third-order valence-corrected chi connectivity index (χ3v) is 3.39. The van der Waals surface area contributed by atoms with Gasteiger partial charge in [0.2, 0.25) is 5.91 Å². The topological polar surface area (TPSA) is 89.3 Å². The maximum Gasteiger partial charge on any atom is 0.224 e. The lowest BCUT2D eigenvalue weighted by molar-refractivity contribution is -0.116. The van der Waals surface area contributed by atoms with E-state index in [-0.39, 0.29) is 5.91 Å². The summed E-state index contributed by atoms with van der Waals surface area (Å²) in [6.45, 7) is 0.374. The van der Waals surface area contributed by atoms with Crippen LogP contribution in [0, 0.1) is 0 Å². The van der Waals surface area contributed by atoms with Crippen LogP contribution < -0.4 is 21.3 Å². The Balaban J connectivity index is 1.72. The zero-order chi connectivity index (χ0) is 14.7. The molecule has 0 saturated carbocycles. The van der Waals surface area contributed by atoms with E-state index in [1.807, 2.05) is 30.3 Å². The van der Waals surface area contributed by atoms with E-state index < -0.39 is 0 Å². The van der Waals surface area contributed by atoms with Gasteiger partial charge in [-0.2, -0.15) is 0 Å². The monoisotopic (exact) mass is 284 g/mol. The van der Waals surface area contributed by atoms with E-state index in [0.717, 1.165) is 29.0 Å². The molecule has 0 atom stereocenters. The molecule has 108 valence electrons. The Morgan fingerprint density at radius 1 is 1.33 bits per heavy atom. The van der Waals surface area contributed by atoms with Gasteiger partial charge >= 0.3 is 0 Å². The first kappa shape index (κ1) is 13.4. The number of nitrogens with one attached hydrogen (secondary N) is 2. The van der Waals surface area contributed by atoms with E-state index in [0.29, 0.717) is 18.8 Å². The number of fused-ring (bicyclic) bond motifs is 1. The molecule has 4 N–H and O–H groups in total. The summed E-state index contributed by atoms with van der Waals surface area (Å²) < 4.78 is 5.78. The van der Waals surface area contributed by atoms with Crippen molar-refractivity contribution >= 4 is 17.4 Å². The second-order valence-corrected chi connectivity index (χ2v) is 4.81. The van der Waals surface area contributed by atoms with Crippen LogP contribution in [-0.4, -0.2) is 10.9 Å². The average molecular weight is 284 g/mol. The van der Waals surface area contributed by atoms with Crippen molar-refractivity contribution in [2.75, 3.05) is 10.7 Å². The smallest absolute Gasteiger partial charge is 0.224 e. The number of carbonyl (C=O) groups is 1. The molecule has 0 fully saturated rings. The lowest BCUT2D eigenvalue weighted by Crippen LogP contribution is -2.18. The second-order valence-electron chi connectivity index (χ2n) is 4.81. The Morgan fingerprint density at radius 3 is 3.10 bits per heavy atom. The third kappa shape index (κ3) is 2.95. The summed E-state index contributed by atoms with van der Waals surface area (Å²) in [7, 11) is 0. The Hall–Kier alpha value is -2.60. The predicted octanol–water partition coefficient (Wildman–Crippen LogP) is 1.83. The fraction of sp³-hybridized carbons (Fsp3) is 0.200. The van der Waals surface area contributed by atoms with Gasteiger partial charge in [0.05, 0.1) is 0 Å². The van der Waals surface area contributed by atoms with Crippen LogP contribution in [0.15, 0.2) is 36.5 Å². The van der Waals surface area contributed by atoms with E-state index >= 15 is 0 Å². The molecule has 0 saturated heterocycles. The zero-order valence-electron chi connectivity index (χ0n) is 11.4. The number of anilines is 2. The first-order chi connectivity index (χ1) is 10.3. The molecule has 1 aliphatic heterocycles. The fourth-order valence-electron chi connectivity index (χ4n) is 2.30. The second kappa shape index (κ2) is 5.80. The first-order valence-electron chi connectivity index (χ1n) is 6.72. The molecule has 1 amide bonds. The van der Waals surface area contributed by atoms with Crippen LogP contribution >= 0.6 is 0 Å². The molecular weight excluding hydrogens is 268 g/mol. The molecule has 6 heteroatoms. The minimum absolute atomic E-state index is 0.0604. The number of aryl methyl sites for hydroxylation is 1. The van der Waals surface area contributed by atoms with Crippen LogP contribution in [0.4, 0.5) is 11.5 Å². The van der Waals surface area contributed by atoms with Gasteiger partial charge in [0.15, 0.2) is 0 Å². The number of hydrazine groups is 1. The molecule has 0 spiro atoms. The molecule has 3 rings (SSSR count). The summed E-state index contributed by atoms with van der Waals surface area (Å²) in [4.78, 5) is 15.4. The molecule has 2 heterocycles. The van der Waals surface area contributed by atoms with Gasteiger partial charge in [-0.1, -0.05) is 6.07 Å². The van der Waals surface area contributed by atoms with Crippen LogP contribution in [0.25, 0.3) is 0 Å². The van der Waals surface area contributed by atoms with Crippen molar-refractivity contribution in [2.24, 2.45) is 5.84 Å². The molecule has 21 heavy (non-hydrogen) atoms. The van der Waals surface area contributed by atoms with Crippen molar-refractivity contribution in [2.45, 2.75) is 19.4 Å². The summed E-state index contributed by atoms with van der Waals surface area (Å²) in [5.41, 5.74) is 5.39. The van der Waals surface area contributed by atoms with Gasteiger partial charge in [-0.3, -0.25) is 4.79 Å². The number of amides is 1. The van der Waals surface area contributed by atoms with Crippen LogP contribution in [0.1, 0.15) is 17.5 Å². The van der Waals surface area contributed by atoms with Crippen molar-refractivity contribution in [3.8, 4) is 5.75 Å². The summed E-state index contributed by atoms with van der Waals surface area (Å²) >= 11 is 0. The normalized spacial score (nSPS) is 13.3. The highest BCUT2D eigenvalue weighted by Gasteiger charge is 2.15. The molecule has 0 bridgehead atoms. The molecule has 0 aliphatic carbocycles. The van der Waals surface area contributed by atoms with Crippen molar-refractivity contribution in [3.05, 3.63) is 47.7 Å². The van der Waals surface area contributed by atoms with Gasteiger partial charge in [-0.05, 0) is 36.2 Å². The van der Waals surface area contributed by atoms with E-state index in [2.05, 4.69) is 15.7 Å². The minimum Gasteiger partial charge on any atom is -0.489 e. The number of nitrogens with zero attached hydrogens (tertiary/aromatic N) is 1. The Bertz CT molecular complexity index is 672. The minimum atomic E-state index is 0.0604. The third-order valence-electron chi connectivity index (χ3n) is 3.39. The number of hydrogen-bond donors (Lipinski definition) is 3. The quantitative estimate of drug-likeness (QED) is 0.589. The van der Waals surface area contributed by atoms with Gasteiger partial charge in [0, 0.05) is 23.9 Å². The fourth-order valence-corrected chi connectivity index (χ4v) is 2.30. The van der Waals surface area contributed by atoms with Gasteiger partial charge in [-0.15, -0.1) is 0 Å². The lowest BCUT2D eigenvalue weighted by Gasteiger charge is -2.18. The maximum atomic E-state index is 11.3. The molecule has 6 nitrogen and oxygen atoms in total. The maximum absolute atomic E-state index is 11.3. The van der Waals surface area contributed by atoms with E-state index in [9.17, 15) is 4.79 Å². The van der Waals surface area contributed by atoms with Crippen molar-refractivity contribution in [3.63, 3.8) is 0 Å². The molecular formula is C15H16N4O2. The standard InChI is InChI=1S/C15H16N4O2/c16-19-15-11(2-1-7-17-15)9-21-12-4-5-13-10(8-12)3-6-14(20)18-13/h1-2,4-5,7-8H,3,6,9,16H2,(H,17,19)(H,18,20). The number of pyridine rings is 1. The lowest BCUT2D eigenvalue weighted by atomic mass is 10.0. The highest BCUT2D eigenvalue weighted by molar-refractivity contribution is 5.93. The largest absolute Gasteiger partial charge is 0.489 e. The van der Waals surface area contributed by atoms with E-state index in [4.69, 9.17) is 10.6 Å². The summed E-state index contributed by atoms with van der Waals surface area (Å²) in [5.74, 6) is 6.84. The number of rotatable bonds is 4. The SMILES string of the molecule is NNc1ncccc1COc1ccc2c(c1)CCC(=O)N2. The van der Waals surface area contributed by atoms with Crippen molar-refractivity contribution in [1.82, 2.24) is 4.98 Å². The Morgan fingerprint density at radius 2 is 2.24 bits per heavy atom. The number of hydrogen-bond acceptors (Lipinski definition) is 5. The Kier molecular flexibility index (Phi) is 3.70.